The van der Waals surface area contributed by atoms with Gasteiger partial charge in [-0.2, -0.15) is 0 Å². The Kier molecular flexibility index (Phi) is 2.65. The topological polar surface area (TPSA) is 20.3 Å². The van der Waals surface area contributed by atoms with E-state index in [1.807, 2.05) is 0 Å². The average molecular weight is 195 g/mol. The molecule has 2 nitrogen and oxygen atoms in total. The number of hydrogen-bond donors (Lipinski definition) is 0. The summed E-state index contributed by atoms with van der Waals surface area (Å²) in [6, 6.07) is 0.520. The smallest absolute Gasteiger partial charge is 0.134 e. The van der Waals surface area contributed by atoms with E-state index < -0.39 is 0 Å². The van der Waals surface area contributed by atoms with Crippen LogP contribution in [0.25, 0.3) is 0 Å². The third-order valence-corrected chi connectivity index (χ3v) is 4.25. The van der Waals surface area contributed by atoms with Crippen molar-refractivity contribution in [3.63, 3.8) is 0 Å². The van der Waals surface area contributed by atoms with Gasteiger partial charge < -0.3 is 4.90 Å². The van der Waals surface area contributed by atoms with Gasteiger partial charge in [0.2, 0.25) is 0 Å². The van der Waals surface area contributed by atoms with Gasteiger partial charge in [0.05, 0.1) is 0 Å². The molecule has 2 saturated carbocycles. The second-order valence-corrected chi connectivity index (χ2v) is 5.29. The highest BCUT2D eigenvalue weighted by Crippen LogP contribution is 2.49. The molecule has 0 amide bonds. The molecule has 2 aliphatic carbocycles. The Hall–Kier alpha value is -0.370. The first-order chi connectivity index (χ1) is 6.64. The molecule has 0 radical (unpaired) electrons. The summed E-state index contributed by atoms with van der Waals surface area (Å²) < 4.78 is 0. The first-order valence-electron chi connectivity index (χ1n) is 5.82. The highest BCUT2D eigenvalue weighted by Gasteiger charge is 2.45. The van der Waals surface area contributed by atoms with E-state index in [9.17, 15) is 4.79 Å². The van der Waals surface area contributed by atoms with Gasteiger partial charge in [0.25, 0.3) is 0 Å². The molecule has 14 heavy (non-hydrogen) atoms. The number of ketones is 1. The molecule has 2 rings (SSSR count). The first-order valence-corrected chi connectivity index (χ1v) is 5.82. The van der Waals surface area contributed by atoms with Gasteiger partial charge in [-0.05, 0) is 38.8 Å². The third kappa shape index (κ3) is 1.60. The van der Waals surface area contributed by atoms with Crippen LogP contribution in [-0.2, 0) is 4.79 Å². The summed E-state index contributed by atoms with van der Waals surface area (Å²) in [5.41, 5.74) is 0.497. The predicted octanol–water partition coefficient (Wildman–Crippen LogP) is 2.23. The number of hydrogen-bond acceptors (Lipinski definition) is 2. The SMILES string of the molecule is CN(C)C1CC(=O)CCC12CCCC2. The lowest BCUT2D eigenvalue weighted by molar-refractivity contribution is -0.125. The molecular formula is C12H21NO. The molecule has 0 aromatic rings. The van der Waals surface area contributed by atoms with Crippen molar-refractivity contribution in [1.82, 2.24) is 4.90 Å². The molecule has 0 bridgehead atoms. The number of carbonyl (C=O) groups excluding carboxylic acids is 1. The molecule has 1 atom stereocenters. The number of rotatable bonds is 1. The molecule has 0 aromatic heterocycles. The fraction of sp³-hybridized carbons (Fsp3) is 0.917. The van der Waals surface area contributed by atoms with E-state index in [1.165, 1.54) is 25.7 Å². The molecule has 2 heteroatoms. The summed E-state index contributed by atoms with van der Waals surface area (Å²) in [6.07, 6.45) is 8.23. The quantitative estimate of drug-likeness (QED) is 0.639. The normalized spacial score (nSPS) is 31.6. The minimum absolute atomic E-state index is 0.473. The molecule has 80 valence electrons. The van der Waals surface area contributed by atoms with Gasteiger partial charge in [0, 0.05) is 18.9 Å². The lowest BCUT2D eigenvalue weighted by Crippen LogP contribution is -2.47. The highest BCUT2D eigenvalue weighted by molar-refractivity contribution is 5.80. The van der Waals surface area contributed by atoms with Crippen LogP contribution in [0, 0.1) is 5.41 Å². The van der Waals surface area contributed by atoms with Crippen molar-refractivity contribution in [2.24, 2.45) is 5.41 Å². The van der Waals surface area contributed by atoms with Gasteiger partial charge in [-0.3, -0.25) is 4.79 Å². The third-order valence-electron chi connectivity index (χ3n) is 4.25. The zero-order valence-corrected chi connectivity index (χ0v) is 9.38. The van der Waals surface area contributed by atoms with Crippen molar-refractivity contribution in [2.45, 2.75) is 51.0 Å². The first kappa shape index (κ1) is 10.2. The van der Waals surface area contributed by atoms with Gasteiger partial charge in [-0.25, -0.2) is 0 Å². The van der Waals surface area contributed by atoms with Gasteiger partial charge >= 0.3 is 0 Å². The maximum Gasteiger partial charge on any atom is 0.134 e. The Morgan fingerprint density at radius 2 is 1.86 bits per heavy atom. The fourth-order valence-corrected chi connectivity index (χ4v) is 3.48. The Morgan fingerprint density at radius 3 is 2.43 bits per heavy atom. The lowest BCUT2D eigenvalue weighted by Gasteiger charge is -2.44. The van der Waals surface area contributed by atoms with Crippen LogP contribution in [0.4, 0.5) is 0 Å². The molecule has 1 spiro atoms. The summed E-state index contributed by atoms with van der Waals surface area (Å²) in [6.45, 7) is 0. The summed E-state index contributed by atoms with van der Waals surface area (Å²) in [5.74, 6) is 0.473. The van der Waals surface area contributed by atoms with Crippen LogP contribution >= 0.6 is 0 Å². The molecule has 0 N–H and O–H groups in total. The molecule has 0 heterocycles. The second-order valence-electron chi connectivity index (χ2n) is 5.29. The summed E-state index contributed by atoms with van der Waals surface area (Å²) in [5, 5.41) is 0. The maximum absolute atomic E-state index is 11.5. The van der Waals surface area contributed by atoms with E-state index in [2.05, 4.69) is 19.0 Å². The van der Waals surface area contributed by atoms with Gasteiger partial charge in [0.1, 0.15) is 5.78 Å². The summed E-state index contributed by atoms with van der Waals surface area (Å²) >= 11 is 0. The van der Waals surface area contributed by atoms with E-state index in [0.29, 0.717) is 17.2 Å². The maximum atomic E-state index is 11.5. The van der Waals surface area contributed by atoms with Crippen LogP contribution in [0.2, 0.25) is 0 Å². The minimum atomic E-state index is 0.473. The largest absolute Gasteiger partial charge is 0.305 e. The minimum Gasteiger partial charge on any atom is -0.305 e. The molecule has 1 unspecified atom stereocenters. The van der Waals surface area contributed by atoms with Crippen LogP contribution < -0.4 is 0 Å². The highest BCUT2D eigenvalue weighted by atomic mass is 16.1. The van der Waals surface area contributed by atoms with Crippen molar-refractivity contribution in [1.29, 1.82) is 0 Å². The van der Waals surface area contributed by atoms with E-state index in [0.717, 1.165) is 19.3 Å². The van der Waals surface area contributed by atoms with Crippen LogP contribution in [0.15, 0.2) is 0 Å². The predicted molar refractivity (Wildman–Crippen MR) is 57.2 cm³/mol. The van der Waals surface area contributed by atoms with E-state index in [1.54, 1.807) is 0 Å². The Morgan fingerprint density at radius 1 is 1.21 bits per heavy atom. The lowest BCUT2D eigenvalue weighted by atomic mass is 9.68. The van der Waals surface area contributed by atoms with Crippen molar-refractivity contribution >= 4 is 5.78 Å². The van der Waals surface area contributed by atoms with Gasteiger partial charge in [-0.1, -0.05) is 12.8 Å². The Bertz CT molecular complexity index is 228. The van der Waals surface area contributed by atoms with Crippen LogP contribution in [-0.4, -0.2) is 30.8 Å². The molecular weight excluding hydrogens is 174 g/mol. The Labute approximate surface area is 86.7 Å². The molecule has 2 aliphatic rings. The average Bonchev–Trinajstić information content (AvgIpc) is 2.59. The van der Waals surface area contributed by atoms with Crippen molar-refractivity contribution < 1.29 is 4.79 Å². The zero-order chi connectivity index (χ0) is 10.2. The molecule has 0 saturated heterocycles. The summed E-state index contributed by atoms with van der Waals surface area (Å²) in [4.78, 5) is 13.8. The summed E-state index contributed by atoms with van der Waals surface area (Å²) in [7, 11) is 4.26. The van der Waals surface area contributed by atoms with Crippen LogP contribution in [0.3, 0.4) is 0 Å². The van der Waals surface area contributed by atoms with E-state index >= 15 is 0 Å². The zero-order valence-electron chi connectivity index (χ0n) is 9.38. The van der Waals surface area contributed by atoms with Crippen LogP contribution in [0.5, 0.6) is 0 Å². The second kappa shape index (κ2) is 3.65. The molecule has 2 fully saturated rings. The van der Waals surface area contributed by atoms with Crippen molar-refractivity contribution in [3.05, 3.63) is 0 Å². The molecule has 0 aliphatic heterocycles. The Balaban J connectivity index is 2.17. The van der Waals surface area contributed by atoms with Crippen molar-refractivity contribution in [3.8, 4) is 0 Å². The van der Waals surface area contributed by atoms with Crippen molar-refractivity contribution in [2.75, 3.05) is 14.1 Å². The van der Waals surface area contributed by atoms with E-state index in [4.69, 9.17) is 0 Å². The number of nitrogens with zero attached hydrogens (tertiary/aromatic N) is 1. The monoisotopic (exact) mass is 195 g/mol. The van der Waals surface area contributed by atoms with Crippen LogP contribution in [0.1, 0.15) is 44.9 Å². The fourth-order valence-electron chi connectivity index (χ4n) is 3.48. The van der Waals surface area contributed by atoms with E-state index in [-0.39, 0.29) is 0 Å². The van der Waals surface area contributed by atoms with Gasteiger partial charge in [0.15, 0.2) is 0 Å². The number of Topliss-reactive ketones (excluding diaryl/α,β-unsaturated/α-hetero) is 1. The number of carbonyl (C=O) groups is 1. The molecule has 0 aromatic carbocycles. The standard InChI is InChI=1S/C12H21NO/c1-13(2)11-9-10(14)5-8-12(11)6-3-4-7-12/h11H,3-9H2,1-2H3. The van der Waals surface area contributed by atoms with Gasteiger partial charge in [-0.15, -0.1) is 0 Å².